The second-order valence-corrected chi connectivity index (χ2v) is 5.78. The van der Waals surface area contributed by atoms with Crippen molar-refractivity contribution in [1.82, 2.24) is 10.2 Å². The average molecular weight is 280 g/mol. The Morgan fingerprint density at radius 2 is 2.25 bits per heavy atom. The SMILES string of the molecule is Cc1ccoc1C(=O)NCC(O)CN1CCC(C)CC1. The van der Waals surface area contributed by atoms with Gasteiger partial charge in [0.1, 0.15) is 0 Å². The van der Waals surface area contributed by atoms with E-state index >= 15 is 0 Å². The molecule has 0 bridgehead atoms. The molecule has 1 aromatic rings. The maximum absolute atomic E-state index is 11.8. The molecule has 1 fully saturated rings. The fraction of sp³-hybridized carbons (Fsp3) is 0.667. The molecule has 2 N–H and O–H groups in total. The molecule has 1 aromatic heterocycles. The molecule has 2 heterocycles. The predicted molar refractivity (Wildman–Crippen MR) is 76.6 cm³/mol. The van der Waals surface area contributed by atoms with Gasteiger partial charge in [0.05, 0.1) is 12.4 Å². The zero-order valence-electron chi connectivity index (χ0n) is 12.3. The van der Waals surface area contributed by atoms with Gasteiger partial charge in [-0.1, -0.05) is 6.92 Å². The van der Waals surface area contributed by atoms with E-state index in [1.807, 2.05) is 6.92 Å². The lowest BCUT2D eigenvalue weighted by Crippen LogP contribution is -2.43. The molecular weight excluding hydrogens is 256 g/mol. The molecule has 5 heteroatoms. The first-order valence-electron chi connectivity index (χ1n) is 7.29. The van der Waals surface area contributed by atoms with Gasteiger partial charge in [-0.25, -0.2) is 0 Å². The van der Waals surface area contributed by atoms with E-state index < -0.39 is 6.10 Å². The summed E-state index contributed by atoms with van der Waals surface area (Å²) in [6.45, 7) is 7.02. The Bertz CT molecular complexity index is 436. The number of amides is 1. The van der Waals surface area contributed by atoms with Crippen molar-refractivity contribution in [3.63, 3.8) is 0 Å². The monoisotopic (exact) mass is 280 g/mol. The quantitative estimate of drug-likeness (QED) is 0.856. The normalized spacial score (nSPS) is 18.9. The first-order chi connectivity index (χ1) is 9.56. The molecule has 0 aliphatic carbocycles. The molecule has 5 nitrogen and oxygen atoms in total. The minimum absolute atomic E-state index is 0.255. The molecule has 2 rings (SSSR count). The summed E-state index contributed by atoms with van der Waals surface area (Å²) in [5.74, 6) is 0.841. The fourth-order valence-corrected chi connectivity index (χ4v) is 2.50. The standard InChI is InChI=1S/C15H24N2O3/c1-11-3-6-17(7-4-11)10-13(18)9-16-15(19)14-12(2)5-8-20-14/h5,8,11,13,18H,3-4,6-7,9-10H2,1-2H3,(H,16,19). The van der Waals surface area contributed by atoms with Crippen LogP contribution in [0.15, 0.2) is 16.7 Å². The number of likely N-dealkylation sites (tertiary alicyclic amines) is 1. The van der Waals surface area contributed by atoms with Gasteiger partial charge in [0.25, 0.3) is 5.91 Å². The highest BCUT2D eigenvalue weighted by molar-refractivity contribution is 5.92. The third-order valence-corrected chi connectivity index (χ3v) is 3.91. The van der Waals surface area contributed by atoms with Crippen molar-refractivity contribution in [3.05, 3.63) is 23.7 Å². The van der Waals surface area contributed by atoms with Crippen LogP contribution in [0.5, 0.6) is 0 Å². The van der Waals surface area contributed by atoms with Crippen molar-refractivity contribution in [3.8, 4) is 0 Å². The van der Waals surface area contributed by atoms with Gasteiger partial charge in [-0.3, -0.25) is 4.79 Å². The lowest BCUT2D eigenvalue weighted by molar-refractivity contribution is 0.0779. The third kappa shape index (κ3) is 4.08. The van der Waals surface area contributed by atoms with Gasteiger partial charge < -0.3 is 19.7 Å². The number of carbonyl (C=O) groups is 1. The second-order valence-electron chi connectivity index (χ2n) is 5.78. The van der Waals surface area contributed by atoms with Crippen LogP contribution in [0.2, 0.25) is 0 Å². The molecule has 0 aromatic carbocycles. The van der Waals surface area contributed by atoms with Crippen molar-refractivity contribution < 1.29 is 14.3 Å². The summed E-state index contributed by atoms with van der Waals surface area (Å²) < 4.78 is 5.12. The van der Waals surface area contributed by atoms with Crippen LogP contribution in [-0.2, 0) is 0 Å². The number of aliphatic hydroxyl groups excluding tert-OH is 1. The van der Waals surface area contributed by atoms with Gasteiger partial charge >= 0.3 is 0 Å². The Morgan fingerprint density at radius 1 is 1.55 bits per heavy atom. The molecule has 1 atom stereocenters. The topological polar surface area (TPSA) is 65.7 Å². The molecule has 20 heavy (non-hydrogen) atoms. The Hall–Kier alpha value is -1.33. The number of aliphatic hydroxyl groups is 1. The number of β-amino-alcohol motifs (C(OH)–C–C–N with tert-alkyl or cyclic N) is 1. The highest BCUT2D eigenvalue weighted by Crippen LogP contribution is 2.15. The van der Waals surface area contributed by atoms with E-state index in [0.717, 1.165) is 24.6 Å². The van der Waals surface area contributed by atoms with Crippen LogP contribution < -0.4 is 5.32 Å². The maximum atomic E-state index is 11.8. The molecule has 0 spiro atoms. The summed E-state index contributed by atoms with van der Waals surface area (Å²) in [4.78, 5) is 14.1. The van der Waals surface area contributed by atoms with E-state index in [1.165, 1.54) is 19.1 Å². The van der Waals surface area contributed by atoms with Crippen LogP contribution in [0.25, 0.3) is 0 Å². The highest BCUT2D eigenvalue weighted by atomic mass is 16.3. The highest BCUT2D eigenvalue weighted by Gasteiger charge is 2.19. The van der Waals surface area contributed by atoms with E-state index in [4.69, 9.17) is 4.42 Å². The summed E-state index contributed by atoms with van der Waals surface area (Å²) in [5, 5.41) is 12.7. The van der Waals surface area contributed by atoms with Gasteiger partial charge in [-0.15, -0.1) is 0 Å². The van der Waals surface area contributed by atoms with Crippen molar-refractivity contribution in [2.24, 2.45) is 5.92 Å². The van der Waals surface area contributed by atoms with Crippen LogP contribution in [0.4, 0.5) is 0 Å². The Balaban J connectivity index is 1.71. The third-order valence-electron chi connectivity index (χ3n) is 3.91. The molecular formula is C15H24N2O3. The van der Waals surface area contributed by atoms with Crippen molar-refractivity contribution in [2.75, 3.05) is 26.2 Å². The van der Waals surface area contributed by atoms with Crippen LogP contribution in [0.3, 0.4) is 0 Å². The van der Waals surface area contributed by atoms with Crippen LogP contribution in [-0.4, -0.2) is 48.2 Å². The van der Waals surface area contributed by atoms with Crippen LogP contribution in [0, 0.1) is 12.8 Å². The number of nitrogens with one attached hydrogen (secondary N) is 1. The molecule has 1 unspecified atom stereocenters. The number of carbonyl (C=O) groups excluding carboxylic acids is 1. The van der Waals surface area contributed by atoms with Crippen molar-refractivity contribution >= 4 is 5.91 Å². The van der Waals surface area contributed by atoms with Crippen LogP contribution >= 0.6 is 0 Å². The number of aryl methyl sites for hydroxylation is 1. The fourth-order valence-electron chi connectivity index (χ4n) is 2.50. The van der Waals surface area contributed by atoms with Gasteiger partial charge in [0.15, 0.2) is 5.76 Å². The van der Waals surface area contributed by atoms with Gasteiger partial charge in [-0.05, 0) is 44.8 Å². The number of furan rings is 1. The summed E-state index contributed by atoms with van der Waals surface area (Å²) in [5.41, 5.74) is 0.807. The summed E-state index contributed by atoms with van der Waals surface area (Å²) in [7, 11) is 0. The smallest absolute Gasteiger partial charge is 0.287 e. The first kappa shape index (κ1) is 15.1. The van der Waals surface area contributed by atoms with E-state index in [0.29, 0.717) is 12.3 Å². The van der Waals surface area contributed by atoms with E-state index in [1.54, 1.807) is 6.07 Å². The number of rotatable bonds is 5. The largest absolute Gasteiger partial charge is 0.459 e. The molecule has 1 aliphatic heterocycles. The number of hydrogen-bond donors (Lipinski definition) is 2. The molecule has 1 saturated heterocycles. The van der Waals surface area contributed by atoms with Gasteiger partial charge in [-0.2, -0.15) is 0 Å². The Kier molecular flexibility index (Phi) is 5.20. The van der Waals surface area contributed by atoms with Gasteiger partial charge in [0, 0.05) is 18.7 Å². The van der Waals surface area contributed by atoms with Gasteiger partial charge in [0.2, 0.25) is 0 Å². The predicted octanol–water partition coefficient (Wildman–Crippen LogP) is 1.41. The molecule has 0 radical (unpaired) electrons. The summed E-state index contributed by atoms with van der Waals surface area (Å²) in [6.07, 6.45) is 3.33. The van der Waals surface area contributed by atoms with Crippen LogP contribution in [0.1, 0.15) is 35.9 Å². The maximum Gasteiger partial charge on any atom is 0.287 e. The number of piperidine rings is 1. The van der Waals surface area contributed by atoms with E-state index in [-0.39, 0.29) is 12.5 Å². The minimum Gasteiger partial charge on any atom is -0.459 e. The number of hydrogen-bond acceptors (Lipinski definition) is 4. The average Bonchev–Trinajstić information content (AvgIpc) is 2.85. The Morgan fingerprint density at radius 3 is 2.85 bits per heavy atom. The zero-order chi connectivity index (χ0) is 14.5. The summed E-state index contributed by atoms with van der Waals surface area (Å²) in [6, 6.07) is 1.75. The first-order valence-corrected chi connectivity index (χ1v) is 7.29. The second kappa shape index (κ2) is 6.90. The molecule has 1 aliphatic rings. The lowest BCUT2D eigenvalue weighted by Gasteiger charge is -2.31. The molecule has 0 saturated carbocycles. The van der Waals surface area contributed by atoms with Crippen molar-refractivity contribution in [1.29, 1.82) is 0 Å². The number of nitrogens with zero attached hydrogens (tertiary/aromatic N) is 1. The molecule has 1 amide bonds. The lowest BCUT2D eigenvalue weighted by atomic mass is 9.99. The minimum atomic E-state index is -0.539. The Labute approximate surface area is 119 Å². The van der Waals surface area contributed by atoms with E-state index in [2.05, 4.69) is 17.1 Å². The molecule has 112 valence electrons. The summed E-state index contributed by atoms with van der Waals surface area (Å²) >= 11 is 0. The van der Waals surface area contributed by atoms with E-state index in [9.17, 15) is 9.90 Å². The van der Waals surface area contributed by atoms with Crippen molar-refractivity contribution in [2.45, 2.75) is 32.8 Å². The zero-order valence-corrected chi connectivity index (χ0v) is 12.3.